The quantitative estimate of drug-likeness (QED) is 0.564. The molecular formula is C21H18ClFN4O3. The molecule has 1 aliphatic rings. The first-order chi connectivity index (χ1) is 14.5. The number of nitrogens with zero attached hydrogens (tertiary/aromatic N) is 2. The molecule has 154 valence electrons. The molecule has 9 heteroatoms. The van der Waals surface area contributed by atoms with Crippen molar-refractivity contribution in [1.82, 2.24) is 9.97 Å². The molecule has 0 saturated carbocycles. The third kappa shape index (κ3) is 4.34. The summed E-state index contributed by atoms with van der Waals surface area (Å²) in [4.78, 5) is 20.5. The lowest BCUT2D eigenvalue weighted by atomic mass is 10.1. The molecule has 0 spiro atoms. The highest BCUT2D eigenvalue weighted by Crippen LogP contribution is 2.35. The number of fused-ring (bicyclic) bond motifs is 1. The van der Waals surface area contributed by atoms with Gasteiger partial charge in [0.1, 0.15) is 29.8 Å². The molecule has 2 aromatic carbocycles. The number of ether oxygens (including phenoxy) is 2. The fraction of sp³-hybridized carbons (Fsp3) is 0.190. The molecule has 1 aromatic heterocycles. The number of hydrogen-bond acceptors (Lipinski definition) is 6. The summed E-state index contributed by atoms with van der Waals surface area (Å²) >= 11 is 5.87. The Morgan fingerprint density at radius 3 is 2.93 bits per heavy atom. The van der Waals surface area contributed by atoms with Gasteiger partial charge in [0.15, 0.2) is 0 Å². The predicted molar refractivity (Wildman–Crippen MR) is 113 cm³/mol. The van der Waals surface area contributed by atoms with Crippen LogP contribution < -0.4 is 15.4 Å². The number of carbonyl (C=O) groups excluding carboxylic acids is 1. The highest BCUT2D eigenvalue weighted by atomic mass is 35.5. The third-order valence-electron chi connectivity index (χ3n) is 4.54. The molecule has 1 aliphatic heterocycles. The fourth-order valence-electron chi connectivity index (χ4n) is 3.06. The second-order valence-corrected chi connectivity index (χ2v) is 7.05. The molecule has 0 aliphatic carbocycles. The van der Waals surface area contributed by atoms with E-state index in [-0.39, 0.29) is 17.0 Å². The van der Waals surface area contributed by atoms with Crippen molar-refractivity contribution in [2.24, 2.45) is 0 Å². The largest absolute Gasteiger partial charge is 0.486 e. The number of aromatic nitrogens is 2. The zero-order chi connectivity index (χ0) is 21.1. The average molecular weight is 429 g/mol. The smallest absolute Gasteiger partial charge is 0.247 e. The van der Waals surface area contributed by atoms with E-state index in [2.05, 4.69) is 27.2 Å². The first-order valence-electron chi connectivity index (χ1n) is 9.22. The monoisotopic (exact) mass is 428 g/mol. The van der Waals surface area contributed by atoms with Gasteiger partial charge in [-0.25, -0.2) is 14.4 Å². The van der Waals surface area contributed by atoms with Crippen LogP contribution in [0, 0.1) is 5.82 Å². The van der Waals surface area contributed by atoms with E-state index in [0.717, 1.165) is 6.42 Å². The number of halogens is 2. The standard InChI is InChI=1S/C21H18ClFN4O3/c1-2-20(28)27-18-8-14-17(9-19(18)30-13-5-6-29-10-13)24-11-25-21(14)26-12-3-4-16(23)15(22)7-12/h2-4,7-9,11,13H,1,5-6,10H2,(H,27,28)(H,24,25,26). The van der Waals surface area contributed by atoms with Crippen molar-refractivity contribution in [1.29, 1.82) is 0 Å². The van der Waals surface area contributed by atoms with Gasteiger partial charge < -0.3 is 20.1 Å². The Morgan fingerprint density at radius 2 is 2.20 bits per heavy atom. The molecular weight excluding hydrogens is 411 g/mol. The summed E-state index contributed by atoms with van der Waals surface area (Å²) in [7, 11) is 0. The van der Waals surface area contributed by atoms with E-state index in [9.17, 15) is 9.18 Å². The summed E-state index contributed by atoms with van der Waals surface area (Å²) in [5.41, 5.74) is 1.61. The summed E-state index contributed by atoms with van der Waals surface area (Å²) in [5.74, 6) is 0.0515. The van der Waals surface area contributed by atoms with Crippen LogP contribution in [0.5, 0.6) is 5.75 Å². The number of anilines is 3. The second-order valence-electron chi connectivity index (χ2n) is 6.64. The molecule has 3 aromatic rings. The van der Waals surface area contributed by atoms with E-state index in [1.165, 1.54) is 24.5 Å². The number of carbonyl (C=O) groups is 1. The average Bonchev–Trinajstić information content (AvgIpc) is 3.24. The molecule has 1 fully saturated rings. The minimum Gasteiger partial charge on any atom is -0.486 e. The maximum absolute atomic E-state index is 13.5. The number of benzene rings is 2. The van der Waals surface area contributed by atoms with E-state index < -0.39 is 5.82 Å². The first-order valence-corrected chi connectivity index (χ1v) is 9.60. The maximum Gasteiger partial charge on any atom is 0.247 e. The summed E-state index contributed by atoms with van der Waals surface area (Å²) in [5, 5.41) is 6.49. The molecule has 0 bridgehead atoms. The van der Waals surface area contributed by atoms with Crippen LogP contribution >= 0.6 is 11.6 Å². The Labute approximate surface area is 176 Å². The number of amides is 1. The van der Waals surface area contributed by atoms with Gasteiger partial charge >= 0.3 is 0 Å². The summed E-state index contributed by atoms with van der Waals surface area (Å²) in [6.07, 6.45) is 3.23. The van der Waals surface area contributed by atoms with Crippen LogP contribution in [-0.4, -0.2) is 35.2 Å². The Hall–Kier alpha value is -3.23. The van der Waals surface area contributed by atoms with Crippen molar-refractivity contribution in [3.63, 3.8) is 0 Å². The lowest BCUT2D eigenvalue weighted by Gasteiger charge is -2.17. The Bertz CT molecular complexity index is 1120. The van der Waals surface area contributed by atoms with E-state index in [1.807, 2.05) is 0 Å². The van der Waals surface area contributed by atoms with Gasteiger partial charge in [-0.05, 0) is 30.3 Å². The van der Waals surface area contributed by atoms with Crippen molar-refractivity contribution in [2.75, 3.05) is 23.8 Å². The van der Waals surface area contributed by atoms with Crippen LogP contribution in [-0.2, 0) is 9.53 Å². The Morgan fingerprint density at radius 1 is 1.33 bits per heavy atom. The lowest BCUT2D eigenvalue weighted by molar-refractivity contribution is -0.111. The maximum atomic E-state index is 13.5. The lowest BCUT2D eigenvalue weighted by Crippen LogP contribution is -2.18. The van der Waals surface area contributed by atoms with E-state index in [4.69, 9.17) is 21.1 Å². The van der Waals surface area contributed by atoms with Crippen LogP contribution in [0.4, 0.5) is 21.6 Å². The fourth-order valence-corrected chi connectivity index (χ4v) is 3.24. The van der Waals surface area contributed by atoms with Gasteiger partial charge in [0, 0.05) is 23.6 Å². The van der Waals surface area contributed by atoms with E-state index >= 15 is 0 Å². The van der Waals surface area contributed by atoms with Gasteiger partial charge in [0.05, 0.1) is 29.4 Å². The van der Waals surface area contributed by atoms with Crippen LogP contribution in [0.1, 0.15) is 6.42 Å². The van der Waals surface area contributed by atoms with Crippen LogP contribution in [0.3, 0.4) is 0 Å². The molecule has 1 saturated heterocycles. The topological polar surface area (TPSA) is 85.4 Å². The second kappa shape index (κ2) is 8.64. The summed E-state index contributed by atoms with van der Waals surface area (Å²) in [6.45, 7) is 4.60. The third-order valence-corrected chi connectivity index (χ3v) is 4.83. The van der Waals surface area contributed by atoms with Gasteiger partial charge in [-0.3, -0.25) is 4.79 Å². The zero-order valence-electron chi connectivity index (χ0n) is 15.8. The molecule has 0 radical (unpaired) electrons. The van der Waals surface area contributed by atoms with Crippen molar-refractivity contribution in [3.8, 4) is 5.75 Å². The number of rotatable bonds is 6. The number of hydrogen-bond donors (Lipinski definition) is 2. The van der Waals surface area contributed by atoms with Crippen molar-refractivity contribution < 1.29 is 18.7 Å². The highest BCUT2D eigenvalue weighted by molar-refractivity contribution is 6.31. The van der Waals surface area contributed by atoms with Gasteiger partial charge in [0.25, 0.3) is 0 Å². The van der Waals surface area contributed by atoms with Crippen molar-refractivity contribution in [3.05, 3.63) is 60.2 Å². The van der Waals surface area contributed by atoms with Crippen molar-refractivity contribution >= 4 is 45.6 Å². The van der Waals surface area contributed by atoms with E-state index in [1.54, 1.807) is 18.2 Å². The molecule has 2 heterocycles. The SMILES string of the molecule is C=CC(=O)Nc1cc2c(Nc3ccc(F)c(Cl)c3)ncnc2cc1OC1CCOC1. The van der Waals surface area contributed by atoms with Gasteiger partial charge in [0.2, 0.25) is 5.91 Å². The minimum absolute atomic E-state index is 0.00762. The number of nitrogens with one attached hydrogen (secondary N) is 2. The Balaban J connectivity index is 1.74. The van der Waals surface area contributed by atoms with Crippen LogP contribution in [0.15, 0.2) is 49.3 Å². The minimum atomic E-state index is -0.512. The highest BCUT2D eigenvalue weighted by Gasteiger charge is 2.20. The summed E-state index contributed by atoms with van der Waals surface area (Å²) in [6, 6.07) is 7.72. The Kier molecular flexibility index (Phi) is 5.78. The molecule has 1 unspecified atom stereocenters. The molecule has 1 atom stereocenters. The predicted octanol–water partition coefficient (Wildman–Crippen LogP) is 4.46. The molecule has 4 rings (SSSR count). The van der Waals surface area contributed by atoms with Crippen LogP contribution in [0.25, 0.3) is 10.9 Å². The van der Waals surface area contributed by atoms with Gasteiger partial charge in [-0.15, -0.1) is 0 Å². The first kappa shape index (κ1) is 20.1. The molecule has 1 amide bonds. The zero-order valence-corrected chi connectivity index (χ0v) is 16.6. The van der Waals surface area contributed by atoms with Crippen LogP contribution in [0.2, 0.25) is 5.02 Å². The van der Waals surface area contributed by atoms with Crippen molar-refractivity contribution in [2.45, 2.75) is 12.5 Å². The van der Waals surface area contributed by atoms with E-state index in [0.29, 0.717) is 47.1 Å². The molecule has 30 heavy (non-hydrogen) atoms. The molecule has 7 nitrogen and oxygen atoms in total. The van der Waals surface area contributed by atoms with Gasteiger partial charge in [-0.2, -0.15) is 0 Å². The summed E-state index contributed by atoms with van der Waals surface area (Å²) < 4.78 is 24.8. The normalized spacial score (nSPS) is 15.7. The molecule has 2 N–H and O–H groups in total. The van der Waals surface area contributed by atoms with Gasteiger partial charge in [-0.1, -0.05) is 18.2 Å².